The number of nitrogens with zero attached hydrogens (tertiary/aromatic N) is 2. The quantitative estimate of drug-likeness (QED) is 0.794. The van der Waals surface area contributed by atoms with Gasteiger partial charge in [0, 0.05) is 13.2 Å². The van der Waals surface area contributed by atoms with Gasteiger partial charge in [0.1, 0.15) is 6.61 Å². The first-order chi connectivity index (χ1) is 10.8. The Morgan fingerprint density at radius 2 is 2.00 bits per heavy atom. The topological polar surface area (TPSA) is 89.3 Å². The summed E-state index contributed by atoms with van der Waals surface area (Å²) in [5, 5.41) is 9.90. The standard InChI is InChI=1S/C15H26N4O3/c1-21-11-13-18-15(22-19-13)10-16-9-14(20)17-12-7-5-3-2-4-6-8-12/h12,16H,2-11H2,1H3,(H,17,20). The van der Waals surface area contributed by atoms with Crippen molar-refractivity contribution in [2.75, 3.05) is 13.7 Å². The van der Waals surface area contributed by atoms with Crippen molar-refractivity contribution in [2.24, 2.45) is 0 Å². The van der Waals surface area contributed by atoms with E-state index >= 15 is 0 Å². The number of aromatic nitrogens is 2. The molecule has 124 valence electrons. The van der Waals surface area contributed by atoms with Gasteiger partial charge < -0.3 is 14.6 Å². The SMILES string of the molecule is COCc1noc(CNCC(=O)NC2CCCCCCC2)n1. The minimum absolute atomic E-state index is 0.0298. The lowest BCUT2D eigenvalue weighted by Crippen LogP contribution is -2.40. The Labute approximate surface area is 131 Å². The van der Waals surface area contributed by atoms with Gasteiger partial charge in [-0.25, -0.2) is 0 Å². The molecule has 1 aromatic rings. The summed E-state index contributed by atoms with van der Waals surface area (Å²) >= 11 is 0. The molecule has 2 N–H and O–H groups in total. The zero-order valence-electron chi connectivity index (χ0n) is 13.3. The molecule has 0 aromatic carbocycles. The van der Waals surface area contributed by atoms with Gasteiger partial charge in [-0.1, -0.05) is 37.3 Å². The van der Waals surface area contributed by atoms with Crippen LogP contribution < -0.4 is 10.6 Å². The maximum absolute atomic E-state index is 11.9. The third-order valence-corrected chi connectivity index (χ3v) is 3.82. The largest absolute Gasteiger partial charge is 0.377 e. The number of ether oxygens (including phenoxy) is 1. The van der Waals surface area contributed by atoms with Crippen LogP contribution >= 0.6 is 0 Å². The van der Waals surface area contributed by atoms with Crippen LogP contribution in [0.25, 0.3) is 0 Å². The lowest BCUT2D eigenvalue weighted by molar-refractivity contribution is -0.121. The van der Waals surface area contributed by atoms with Crippen LogP contribution in [0.4, 0.5) is 0 Å². The summed E-state index contributed by atoms with van der Waals surface area (Å²) in [6.45, 7) is 0.971. The molecule has 0 aliphatic heterocycles. The van der Waals surface area contributed by atoms with Crippen molar-refractivity contribution in [2.45, 2.75) is 64.1 Å². The van der Waals surface area contributed by atoms with E-state index in [1.807, 2.05) is 0 Å². The number of carbonyl (C=O) groups excluding carboxylic acids is 1. The number of hydrogen-bond acceptors (Lipinski definition) is 6. The molecule has 1 aliphatic carbocycles. The van der Waals surface area contributed by atoms with Crippen molar-refractivity contribution in [3.05, 3.63) is 11.7 Å². The molecule has 1 saturated carbocycles. The highest BCUT2D eigenvalue weighted by atomic mass is 16.5. The second-order valence-electron chi connectivity index (χ2n) is 5.75. The van der Waals surface area contributed by atoms with Gasteiger partial charge in [0.25, 0.3) is 0 Å². The summed E-state index contributed by atoms with van der Waals surface area (Å²) in [4.78, 5) is 16.1. The molecular weight excluding hydrogens is 284 g/mol. The lowest BCUT2D eigenvalue weighted by atomic mass is 9.97. The minimum Gasteiger partial charge on any atom is -0.377 e. The predicted molar refractivity (Wildman–Crippen MR) is 81.0 cm³/mol. The number of hydrogen-bond donors (Lipinski definition) is 2. The molecule has 1 fully saturated rings. The first-order valence-corrected chi connectivity index (χ1v) is 8.08. The van der Waals surface area contributed by atoms with Gasteiger partial charge in [-0.05, 0) is 12.8 Å². The molecule has 2 rings (SSSR count). The van der Waals surface area contributed by atoms with Crippen molar-refractivity contribution < 1.29 is 14.1 Å². The molecular formula is C15H26N4O3. The zero-order chi connectivity index (χ0) is 15.6. The third-order valence-electron chi connectivity index (χ3n) is 3.82. The molecule has 1 amide bonds. The molecule has 1 aromatic heterocycles. The van der Waals surface area contributed by atoms with Gasteiger partial charge in [0.2, 0.25) is 11.8 Å². The van der Waals surface area contributed by atoms with Crippen molar-refractivity contribution in [3.8, 4) is 0 Å². The van der Waals surface area contributed by atoms with E-state index in [4.69, 9.17) is 9.26 Å². The zero-order valence-corrected chi connectivity index (χ0v) is 13.3. The Hall–Kier alpha value is -1.47. The van der Waals surface area contributed by atoms with Crippen LogP contribution in [0.2, 0.25) is 0 Å². The average molecular weight is 310 g/mol. The van der Waals surface area contributed by atoms with Gasteiger partial charge in [-0.2, -0.15) is 4.98 Å². The Kier molecular flexibility index (Phi) is 7.32. The summed E-state index contributed by atoms with van der Waals surface area (Å²) in [6, 6.07) is 0.325. The molecule has 0 bridgehead atoms. The van der Waals surface area contributed by atoms with E-state index < -0.39 is 0 Å². The van der Waals surface area contributed by atoms with Gasteiger partial charge in [0.05, 0.1) is 13.1 Å². The fourth-order valence-corrected chi connectivity index (χ4v) is 2.71. The van der Waals surface area contributed by atoms with E-state index in [1.54, 1.807) is 7.11 Å². The van der Waals surface area contributed by atoms with Gasteiger partial charge in [-0.15, -0.1) is 0 Å². The number of amides is 1. The van der Waals surface area contributed by atoms with E-state index in [0.29, 0.717) is 30.9 Å². The summed E-state index contributed by atoms with van der Waals surface area (Å²) < 4.78 is 9.96. The molecule has 0 saturated heterocycles. The molecule has 7 heteroatoms. The molecule has 0 unspecified atom stereocenters. The van der Waals surface area contributed by atoms with Crippen LogP contribution in [0.3, 0.4) is 0 Å². The highest BCUT2D eigenvalue weighted by Gasteiger charge is 2.14. The first kappa shape index (κ1) is 16.9. The second-order valence-corrected chi connectivity index (χ2v) is 5.75. The van der Waals surface area contributed by atoms with Crippen molar-refractivity contribution in [1.82, 2.24) is 20.8 Å². The first-order valence-electron chi connectivity index (χ1n) is 8.08. The van der Waals surface area contributed by atoms with Gasteiger partial charge >= 0.3 is 0 Å². The molecule has 0 atom stereocenters. The van der Waals surface area contributed by atoms with Crippen LogP contribution in [0.5, 0.6) is 0 Å². The lowest BCUT2D eigenvalue weighted by Gasteiger charge is -2.21. The summed E-state index contributed by atoms with van der Waals surface area (Å²) in [7, 11) is 1.58. The second kappa shape index (κ2) is 9.53. The summed E-state index contributed by atoms with van der Waals surface area (Å²) in [5.74, 6) is 1.01. The molecule has 0 radical (unpaired) electrons. The molecule has 1 aliphatic rings. The van der Waals surface area contributed by atoms with Crippen LogP contribution in [0.15, 0.2) is 4.52 Å². The smallest absolute Gasteiger partial charge is 0.240 e. The fourth-order valence-electron chi connectivity index (χ4n) is 2.71. The predicted octanol–water partition coefficient (Wildman–Crippen LogP) is 1.53. The average Bonchev–Trinajstić information content (AvgIpc) is 2.90. The van der Waals surface area contributed by atoms with Crippen LogP contribution in [0.1, 0.15) is 56.7 Å². The molecule has 1 heterocycles. The number of methoxy groups -OCH3 is 1. The van der Waals surface area contributed by atoms with Crippen LogP contribution in [0, 0.1) is 0 Å². The van der Waals surface area contributed by atoms with Gasteiger partial charge in [0.15, 0.2) is 5.82 Å². The Bertz CT molecular complexity index is 442. The van der Waals surface area contributed by atoms with Crippen molar-refractivity contribution in [3.63, 3.8) is 0 Å². The molecule has 0 spiro atoms. The number of rotatable bonds is 7. The van der Waals surface area contributed by atoms with E-state index in [-0.39, 0.29) is 12.5 Å². The van der Waals surface area contributed by atoms with E-state index in [1.165, 1.54) is 32.1 Å². The monoisotopic (exact) mass is 310 g/mol. The van der Waals surface area contributed by atoms with E-state index in [9.17, 15) is 4.79 Å². The highest BCUT2D eigenvalue weighted by molar-refractivity contribution is 5.78. The third kappa shape index (κ3) is 6.11. The maximum atomic E-state index is 11.9. The van der Waals surface area contributed by atoms with E-state index in [0.717, 1.165) is 12.8 Å². The van der Waals surface area contributed by atoms with Crippen LogP contribution in [-0.2, 0) is 22.7 Å². The highest BCUT2D eigenvalue weighted by Crippen LogP contribution is 2.16. The van der Waals surface area contributed by atoms with Crippen molar-refractivity contribution in [1.29, 1.82) is 0 Å². The molecule has 7 nitrogen and oxygen atoms in total. The number of carbonyl (C=O) groups is 1. The Balaban J connectivity index is 1.63. The van der Waals surface area contributed by atoms with E-state index in [2.05, 4.69) is 20.8 Å². The summed E-state index contributed by atoms with van der Waals surface area (Å²) in [6.07, 6.45) is 8.51. The number of nitrogens with one attached hydrogen (secondary N) is 2. The fraction of sp³-hybridized carbons (Fsp3) is 0.800. The van der Waals surface area contributed by atoms with Gasteiger partial charge in [-0.3, -0.25) is 10.1 Å². The van der Waals surface area contributed by atoms with Crippen LogP contribution in [-0.4, -0.2) is 35.7 Å². The normalized spacial score (nSPS) is 17.0. The van der Waals surface area contributed by atoms with Crippen molar-refractivity contribution >= 4 is 5.91 Å². The molecule has 22 heavy (non-hydrogen) atoms. The Morgan fingerprint density at radius 3 is 2.73 bits per heavy atom. The maximum Gasteiger partial charge on any atom is 0.240 e. The minimum atomic E-state index is 0.0298. The summed E-state index contributed by atoms with van der Waals surface area (Å²) in [5.41, 5.74) is 0. The Morgan fingerprint density at radius 1 is 1.27 bits per heavy atom.